The zero-order valence-electron chi connectivity index (χ0n) is 20.9. The van der Waals surface area contributed by atoms with Gasteiger partial charge >= 0.3 is 5.97 Å². The number of hydrogen-bond acceptors (Lipinski definition) is 10. The molecule has 2 N–H and O–H groups in total. The molecule has 2 aromatic carbocycles. The first-order chi connectivity index (χ1) is 17.9. The van der Waals surface area contributed by atoms with E-state index in [4.69, 9.17) is 29.7 Å². The Morgan fingerprint density at radius 3 is 2.51 bits per heavy atom. The fourth-order valence-electron chi connectivity index (χ4n) is 4.15. The second-order valence-electron chi connectivity index (χ2n) is 7.96. The summed E-state index contributed by atoms with van der Waals surface area (Å²) in [6.07, 6.45) is 0. The summed E-state index contributed by atoms with van der Waals surface area (Å²) in [4.78, 5) is 22.7. The van der Waals surface area contributed by atoms with E-state index in [9.17, 15) is 10.1 Å². The average Bonchev–Trinajstić information content (AvgIpc) is 2.90. The van der Waals surface area contributed by atoms with E-state index < -0.39 is 11.9 Å². The topological polar surface area (TPSA) is 130 Å². The van der Waals surface area contributed by atoms with Crippen LogP contribution in [0.2, 0.25) is 0 Å². The summed E-state index contributed by atoms with van der Waals surface area (Å²) in [5.41, 5.74) is 9.27. The van der Waals surface area contributed by atoms with Gasteiger partial charge in [0.05, 0.1) is 54.8 Å². The molecule has 1 aliphatic rings. The molecule has 0 fully saturated rings. The average molecular weight is 519 g/mol. The molecule has 0 spiro atoms. The van der Waals surface area contributed by atoms with Crippen LogP contribution < -0.4 is 15.2 Å². The van der Waals surface area contributed by atoms with Crippen LogP contribution in [-0.4, -0.2) is 42.5 Å². The molecule has 37 heavy (non-hydrogen) atoms. The van der Waals surface area contributed by atoms with E-state index in [0.717, 1.165) is 16.7 Å². The van der Waals surface area contributed by atoms with Crippen LogP contribution >= 0.6 is 11.8 Å². The van der Waals surface area contributed by atoms with Crippen molar-refractivity contribution in [1.29, 1.82) is 5.26 Å². The van der Waals surface area contributed by atoms with Gasteiger partial charge in [-0.05, 0) is 32.0 Å². The van der Waals surface area contributed by atoms with Gasteiger partial charge in [-0.15, -0.1) is 0 Å². The number of ether oxygens (including phenoxy) is 4. The number of nitrogens with zero attached hydrogens (tertiary/aromatic N) is 3. The Morgan fingerprint density at radius 2 is 1.86 bits per heavy atom. The minimum atomic E-state index is -0.887. The van der Waals surface area contributed by atoms with Crippen molar-refractivity contribution in [1.82, 2.24) is 9.97 Å². The molecule has 9 nitrogen and oxygen atoms in total. The van der Waals surface area contributed by atoms with Crippen LogP contribution in [0.1, 0.15) is 24.1 Å². The number of fused-ring (bicyclic) bond motifs is 1. The lowest BCUT2D eigenvalue weighted by molar-refractivity contribution is -0.139. The zero-order chi connectivity index (χ0) is 26.5. The molecule has 0 saturated heterocycles. The standard InChI is InChI=1S/C27H26N4O5S/c1-5-35-27(32)23-21(14-37-26-15(2)30-18-10-6-7-11-19(18)31-26)36-25(29)17(13-28)22(23)16-9-8-12-20(33-3)24(16)34-4/h6-12,22H,5,14,29H2,1-4H3/t22-/m0/s1. The van der Waals surface area contributed by atoms with Crippen LogP contribution in [0.15, 0.2) is 70.3 Å². The number of aromatic nitrogens is 2. The van der Waals surface area contributed by atoms with Gasteiger partial charge in [0.25, 0.3) is 0 Å². The van der Waals surface area contributed by atoms with Crippen molar-refractivity contribution in [2.45, 2.75) is 24.8 Å². The van der Waals surface area contributed by atoms with Gasteiger partial charge in [-0.25, -0.2) is 14.8 Å². The first kappa shape index (κ1) is 25.9. The van der Waals surface area contributed by atoms with Crippen molar-refractivity contribution in [3.05, 3.63) is 76.5 Å². The van der Waals surface area contributed by atoms with Crippen molar-refractivity contribution in [3.63, 3.8) is 0 Å². The highest BCUT2D eigenvalue weighted by atomic mass is 32.2. The van der Waals surface area contributed by atoms with Gasteiger partial charge in [0, 0.05) is 5.56 Å². The van der Waals surface area contributed by atoms with Crippen LogP contribution in [0.5, 0.6) is 11.5 Å². The Hall–Kier alpha value is -4.23. The summed E-state index contributed by atoms with van der Waals surface area (Å²) in [5.74, 6) is -0.307. The molecule has 190 valence electrons. The monoisotopic (exact) mass is 518 g/mol. The van der Waals surface area contributed by atoms with Crippen molar-refractivity contribution >= 4 is 28.8 Å². The predicted molar refractivity (Wildman–Crippen MR) is 139 cm³/mol. The van der Waals surface area contributed by atoms with Crippen LogP contribution in [0.25, 0.3) is 11.0 Å². The van der Waals surface area contributed by atoms with Gasteiger partial charge in [-0.2, -0.15) is 5.26 Å². The fraction of sp³-hybridized carbons (Fsp3) is 0.259. The number of aryl methyl sites for hydroxylation is 1. The van der Waals surface area contributed by atoms with Gasteiger partial charge in [0.2, 0.25) is 5.88 Å². The maximum Gasteiger partial charge on any atom is 0.338 e. The molecule has 0 bridgehead atoms. The molecule has 1 aromatic heterocycles. The Morgan fingerprint density at radius 1 is 1.14 bits per heavy atom. The summed E-state index contributed by atoms with van der Waals surface area (Å²) < 4.78 is 22.3. The van der Waals surface area contributed by atoms with E-state index in [-0.39, 0.29) is 35.1 Å². The number of nitriles is 1. The van der Waals surface area contributed by atoms with E-state index in [1.807, 2.05) is 31.2 Å². The molecule has 2 heterocycles. The Kier molecular flexibility index (Phi) is 7.84. The SMILES string of the molecule is CCOC(=O)C1=C(CSc2nc3ccccc3nc2C)OC(N)=C(C#N)[C@@H]1c1cccc(OC)c1OC. The summed E-state index contributed by atoms with van der Waals surface area (Å²) in [6.45, 7) is 3.72. The highest BCUT2D eigenvalue weighted by Crippen LogP contribution is 2.46. The van der Waals surface area contributed by atoms with Crippen LogP contribution in [0.4, 0.5) is 0 Å². The van der Waals surface area contributed by atoms with Crippen LogP contribution in [0, 0.1) is 18.3 Å². The van der Waals surface area contributed by atoms with Gasteiger partial charge in [-0.1, -0.05) is 36.0 Å². The number of carbonyl (C=O) groups is 1. The molecule has 3 aromatic rings. The summed E-state index contributed by atoms with van der Waals surface area (Å²) in [5, 5.41) is 10.7. The number of rotatable bonds is 8. The Labute approximate surface area is 218 Å². The molecule has 1 atom stereocenters. The number of carbonyl (C=O) groups excluding carboxylic acids is 1. The van der Waals surface area contributed by atoms with E-state index in [0.29, 0.717) is 22.1 Å². The maximum atomic E-state index is 13.3. The van der Waals surface area contributed by atoms with Crippen molar-refractivity contribution in [2.75, 3.05) is 26.6 Å². The highest BCUT2D eigenvalue weighted by molar-refractivity contribution is 7.99. The van der Waals surface area contributed by atoms with Crippen molar-refractivity contribution in [3.8, 4) is 17.6 Å². The third-order valence-corrected chi connectivity index (χ3v) is 6.84. The van der Waals surface area contributed by atoms with E-state index >= 15 is 0 Å². The van der Waals surface area contributed by atoms with E-state index in [1.165, 1.54) is 26.0 Å². The Bertz CT molecular complexity index is 1460. The Balaban J connectivity index is 1.83. The molecule has 4 rings (SSSR count). The normalized spacial score (nSPS) is 15.3. The second-order valence-corrected chi connectivity index (χ2v) is 8.92. The molecule has 10 heteroatoms. The summed E-state index contributed by atoms with van der Waals surface area (Å²) in [7, 11) is 3.00. The smallest absolute Gasteiger partial charge is 0.338 e. The number of thioether (sulfide) groups is 1. The molecule has 0 aliphatic carbocycles. The quantitative estimate of drug-likeness (QED) is 0.339. The summed E-state index contributed by atoms with van der Waals surface area (Å²) in [6, 6.07) is 14.9. The fourth-order valence-corrected chi connectivity index (χ4v) is 5.05. The molecule has 0 saturated carbocycles. The minimum absolute atomic E-state index is 0.0741. The van der Waals surface area contributed by atoms with Crippen molar-refractivity contribution < 1.29 is 23.7 Å². The number of nitrogens with two attached hydrogens (primary N) is 1. The molecule has 1 aliphatic heterocycles. The number of benzene rings is 2. The first-order valence-corrected chi connectivity index (χ1v) is 12.5. The lowest BCUT2D eigenvalue weighted by Crippen LogP contribution is -2.27. The maximum absolute atomic E-state index is 13.3. The number of esters is 1. The van der Waals surface area contributed by atoms with Crippen LogP contribution in [0.3, 0.4) is 0 Å². The molecular formula is C27H26N4O5S. The molecular weight excluding hydrogens is 492 g/mol. The molecule has 0 amide bonds. The molecule has 0 unspecified atom stereocenters. The number of methoxy groups -OCH3 is 2. The number of hydrogen-bond donors (Lipinski definition) is 1. The van der Waals surface area contributed by atoms with E-state index in [2.05, 4.69) is 11.1 Å². The third kappa shape index (κ3) is 5.04. The predicted octanol–water partition coefficient (Wildman–Crippen LogP) is 4.37. The third-order valence-electron chi connectivity index (χ3n) is 5.78. The van der Waals surface area contributed by atoms with Gasteiger partial charge in [0.1, 0.15) is 22.4 Å². The lowest BCUT2D eigenvalue weighted by atomic mass is 9.82. The van der Waals surface area contributed by atoms with Crippen LogP contribution in [-0.2, 0) is 14.3 Å². The molecule has 0 radical (unpaired) electrons. The number of allylic oxidation sites excluding steroid dienone is 1. The zero-order valence-corrected chi connectivity index (χ0v) is 21.7. The van der Waals surface area contributed by atoms with Gasteiger partial charge in [-0.3, -0.25) is 0 Å². The van der Waals surface area contributed by atoms with Gasteiger partial charge in [0.15, 0.2) is 11.5 Å². The number of para-hydroxylation sites is 3. The van der Waals surface area contributed by atoms with Gasteiger partial charge < -0.3 is 24.7 Å². The first-order valence-electron chi connectivity index (χ1n) is 11.5. The van der Waals surface area contributed by atoms with Crippen molar-refractivity contribution in [2.24, 2.45) is 5.73 Å². The van der Waals surface area contributed by atoms with E-state index in [1.54, 1.807) is 25.1 Å². The second kappa shape index (κ2) is 11.2. The highest BCUT2D eigenvalue weighted by Gasteiger charge is 2.39. The lowest BCUT2D eigenvalue weighted by Gasteiger charge is -2.29. The summed E-state index contributed by atoms with van der Waals surface area (Å²) >= 11 is 1.35. The minimum Gasteiger partial charge on any atom is -0.493 e. The largest absolute Gasteiger partial charge is 0.493 e.